The first kappa shape index (κ1) is 31.4. The van der Waals surface area contributed by atoms with Crippen LogP contribution in [0.5, 0.6) is 17.2 Å². The second-order valence-electron chi connectivity index (χ2n) is 9.46. The summed E-state index contributed by atoms with van der Waals surface area (Å²) in [5.41, 5.74) is 1.87. The largest absolute Gasteiger partial charge is 0.507 e. The van der Waals surface area contributed by atoms with Gasteiger partial charge in [-0.2, -0.15) is 0 Å². The van der Waals surface area contributed by atoms with E-state index in [2.05, 4.69) is 10.2 Å². The third-order valence-electron chi connectivity index (χ3n) is 6.64. The Kier molecular flexibility index (Phi) is 10.1. The maximum atomic E-state index is 13.7. The van der Waals surface area contributed by atoms with Crippen molar-refractivity contribution < 1.29 is 28.9 Å². The van der Waals surface area contributed by atoms with E-state index < -0.39 is 17.7 Å². The van der Waals surface area contributed by atoms with Crippen molar-refractivity contribution in [1.82, 2.24) is 10.2 Å². The van der Waals surface area contributed by atoms with Crippen LogP contribution in [-0.4, -0.2) is 46.8 Å². The Morgan fingerprint density at radius 1 is 0.909 bits per heavy atom. The summed E-state index contributed by atoms with van der Waals surface area (Å²) in [6, 6.07) is 18.4. The summed E-state index contributed by atoms with van der Waals surface area (Å²) in [4.78, 5) is 28.6. The maximum Gasteiger partial charge on any atom is 0.301 e. The average molecular weight is 652 g/mol. The molecule has 1 aliphatic rings. The highest BCUT2D eigenvalue weighted by Gasteiger charge is 2.48. The Bertz CT molecular complexity index is 1670. The van der Waals surface area contributed by atoms with Crippen LogP contribution in [-0.2, 0) is 15.3 Å². The molecule has 44 heavy (non-hydrogen) atoms. The summed E-state index contributed by atoms with van der Waals surface area (Å²) in [6.45, 7) is 6.88. The van der Waals surface area contributed by atoms with Crippen LogP contribution in [0.2, 0.25) is 5.02 Å². The van der Waals surface area contributed by atoms with Crippen LogP contribution in [0.4, 0.5) is 5.13 Å². The van der Waals surface area contributed by atoms with Gasteiger partial charge in [-0.05, 0) is 80.4 Å². The maximum absolute atomic E-state index is 13.7. The number of ketones is 1. The van der Waals surface area contributed by atoms with E-state index in [1.54, 1.807) is 42.5 Å². The Morgan fingerprint density at radius 3 is 2.27 bits per heavy atom. The van der Waals surface area contributed by atoms with Gasteiger partial charge in [0.2, 0.25) is 5.13 Å². The van der Waals surface area contributed by atoms with E-state index in [9.17, 15) is 14.7 Å². The normalized spacial score (nSPS) is 15.9. The van der Waals surface area contributed by atoms with Crippen molar-refractivity contribution in [2.24, 2.45) is 0 Å². The Morgan fingerprint density at radius 2 is 1.59 bits per heavy atom. The molecule has 4 aromatic rings. The number of rotatable bonds is 12. The van der Waals surface area contributed by atoms with E-state index in [0.29, 0.717) is 63.3 Å². The second kappa shape index (κ2) is 14.1. The lowest BCUT2D eigenvalue weighted by molar-refractivity contribution is -0.132. The first-order valence-corrected chi connectivity index (χ1v) is 16.2. The minimum absolute atomic E-state index is 0.0728. The molecule has 1 atom stereocenters. The molecule has 3 aromatic carbocycles. The van der Waals surface area contributed by atoms with Crippen molar-refractivity contribution in [3.63, 3.8) is 0 Å². The molecule has 12 heteroatoms. The SMILES string of the molecule is CCOc1ccc(C(O)=C2C(=O)C(=O)N(c3nnc(SCc4ccc(Cl)cc4)s3)C2c2ccc(OCC)c(OCC)c2)cc1. The summed E-state index contributed by atoms with van der Waals surface area (Å²) >= 11 is 8.65. The number of halogens is 1. The number of ether oxygens (including phenoxy) is 3. The molecular formula is C32H30ClN3O6S2. The molecule has 228 valence electrons. The molecule has 0 aliphatic carbocycles. The predicted octanol–water partition coefficient (Wildman–Crippen LogP) is 7.31. The van der Waals surface area contributed by atoms with Crippen molar-refractivity contribution in [2.45, 2.75) is 36.9 Å². The minimum atomic E-state index is -1.00. The lowest BCUT2D eigenvalue weighted by Gasteiger charge is -2.23. The quantitative estimate of drug-likeness (QED) is 0.0554. The predicted molar refractivity (Wildman–Crippen MR) is 172 cm³/mol. The summed E-state index contributed by atoms with van der Waals surface area (Å²) in [5.74, 6) is 0.244. The fourth-order valence-electron chi connectivity index (χ4n) is 4.70. The number of thioether (sulfide) groups is 1. The molecule has 1 aromatic heterocycles. The van der Waals surface area contributed by atoms with Crippen LogP contribution in [0.1, 0.15) is 43.5 Å². The molecular weight excluding hydrogens is 622 g/mol. The van der Waals surface area contributed by atoms with E-state index in [-0.39, 0.29) is 16.5 Å². The monoisotopic (exact) mass is 651 g/mol. The fourth-order valence-corrected chi connectivity index (χ4v) is 6.65. The molecule has 2 heterocycles. The smallest absolute Gasteiger partial charge is 0.301 e. The highest BCUT2D eigenvalue weighted by atomic mass is 35.5. The Labute approximate surface area is 268 Å². The number of nitrogens with zero attached hydrogens (tertiary/aromatic N) is 3. The number of carbonyl (C=O) groups excluding carboxylic acids is 2. The van der Waals surface area contributed by atoms with Gasteiger partial charge in [0, 0.05) is 16.3 Å². The van der Waals surface area contributed by atoms with Crippen molar-refractivity contribution in [3.8, 4) is 17.2 Å². The summed E-state index contributed by atoms with van der Waals surface area (Å²) in [6.07, 6.45) is 0. The van der Waals surface area contributed by atoms with Crippen LogP contribution in [0, 0.1) is 0 Å². The van der Waals surface area contributed by atoms with Gasteiger partial charge in [0.25, 0.3) is 5.78 Å². The number of hydrogen-bond donors (Lipinski definition) is 1. The van der Waals surface area contributed by atoms with Gasteiger partial charge in [0.1, 0.15) is 11.5 Å². The molecule has 1 fully saturated rings. The standard InChI is InChI=1S/C32H30ClN3O6S2/c1-4-40-23-14-9-20(10-15-23)28(37)26-27(21-11-16-24(41-5-2)25(17-21)42-6-3)36(30(39)29(26)38)31-34-35-32(44-31)43-18-19-7-12-22(33)13-8-19/h7-17,27,37H,4-6,18H2,1-3H3. The molecule has 0 bridgehead atoms. The minimum Gasteiger partial charge on any atom is -0.507 e. The summed E-state index contributed by atoms with van der Waals surface area (Å²) in [7, 11) is 0. The first-order chi connectivity index (χ1) is 21.3. The molecule has 1 unspecified atom stereocenters. The Hall–Kier alpha value is -4.06. The van der Waals surface area contributed by atoms with Crippen LogP contribution < -0.4 is 19.1 Å². The number of benzene rings is 3. The molecule has 0 saturated carbocycles. The van der Waals surface area contributed by atoms with E-state index >= 15 is 0 Å². The van der Waals surface area contributed by atoms with Crippen molar-refractivity contribution in [2.75, 3.05) is 24.7 Å². The molecule has 1 saturated heterocycles. The van der Waals surface area contributed by atoms with Gasteiger partial charge >= 0.3 is 5.91 Å². The van der Waals surface area contributed by atoms with Crippen molar-refractivity contribution >= 4 is 57.3 Å². The average Bonchev–Trinajstić information content (AvgIpc) is 3.60. The first-order valence-electron chi connectivity index (χ1n) is 14.0. The van der Waals surface area contributed by atoms with Gasteiger partial charge in [-0.1, -0.05) is 52.9 Å². The van der Waals surface area contributed by atoms with Gasteiger partial charge in [0.05, 0.1) is 31.4 Å². The van der Waals surface area contributed by atoms with E-state index in [4.69, 9.17) is 25.8 Å². The van der Waals surface area contributed by atoms with E-state index in [1.165, 1.54) is 28.0 Å². The lowest BCUT2D eigenvalue weighted by Crippen LogP contribution is -2.29. The highest BCUT2D eigenvalue weighted by molar-refractivity contribution is 8.00. The number of aromatic nitrogens is 2. The topological polar surface area (TPSA) is 111 Å². The molecule has 5 rings (SSSR count). The number of amides is 1. The molecule has 0 radical (unpaired) electrons. The number of Topliss-reactive ketones (excluding diaryl/α,β-unsaturated/α-hetero) is 1. The van der Waals surface area contributed by atoms with E-state index in [0.717, 1.165) is 5.56 Å². The molecule has 0 spiro atoms. The summed E-state index contributed by atoms with van der Waals surface area (Å²) in [5, 5.41) is 21.0. The van der Waals surface area contributed by atoms with Crippen LogP contribution in [0.25, 0.3) is 5.76 Å². The van der Waals surface area contributed by atoms with Crippen molar-refractivity contribution in [1.29, 1.82) is 0 Å². The number of hydrogen-bond acceptors (Lipinski definition) is 10. The summed E-state index contributed by atoms with van der Waals surface area (Å²) < 4.78 is 17.7. The Balaban J connectivity index is 1.57. The zero-order valence-corrected chi connectivity index (χ0v) is 26.7. The fraction of sp³-hybridized carbons (Fsp3) is 0.250. The van der Waals surface area contributed by atoms with E-state index in [1.807, 2.05) is 45.0 Å². The number of anilines is 1. The number of aliphatic hydroxyl groups excluding tert-OH is 1. The molecule has 9 nitrogen and oxygen atoms in total. The zero-order chi connectivity index (χ0) is 31.2. The van der Waals surface area contributed by atoms with Gasteiger partial charge in [-0.3, -0.25) is 14.5 Å². The van der Waals surface area contributed by atoms with Gasteiger partial charge in [-0.15, -0.1) is 10.2 Å². The number of aliphatic hydroxyl groups is 1. The second-order valence-corrected chi connectivity index (χ2v) is 12.1. The molecule has 1 aliphatic heterocycles. The third kappa shape index (κ3) is 6.69. The van der Waals surface area contributed by atoms with Gasteiger partial charge in [0.15, 0.2) is 15.8 Å². The molecule has 1 amide bonds. The zero-order valence-electron chi connectivity index (χ0n) is 24.3. The lowest BCUT2D eigenvalue weighted by atomic mass is 9.95. The van der Waals surface area contributed by atoms with Crippen molar-refractivity contribution in [3.05, 3.63) is 94.0 Å². The van der Waals surface area contributed by atoms with Gasteiger partial charge < -0.3 is 19.3 Å². The van der Waals surface area contributed by atoms with Crippen LogP contribution >= 0.6 is 34.7 Å². The highest BCUT2D eigenvalue weighted by Crippen LogP contribution is 2.45. The van der Waals surface area contributed by atoms with Crippen LogP contribution in [0.3, 0.4) is 0 Å². The molecule has 1 N–H and O–H groups in total. The third-order valence-corrected chi connectivity index (χ3v) is 9.02. The number of carbonyl (C=O) groups is 2. The van der Waals surface area contributed by atoms with Gasteiger partial charge in [-0.25, -0.2) is 0 Å². The van der Waals surface area contributed by atoms with Crippen LogP contribution in [0.15, 0.2) is 76.6 Å².